The highest BCUT2D eigenvalue weighted by molar-refractivity contribution is 7.12. The second-order valence-electron chi connectivity index (χ2n) is 5.17. The first kappa shape index (κ1) is 18.7. The molecule has 2 heterocycles. The van der Waals surface area contributed by atoms with Gasteiger partial charge in [-0.05, 0) is 31.2 Å². The summed E-state index contributed by atoms with van der Waals surface area (Å²) in [6, 6.07) is 6.77. The van der Waals surface area contributed by atoms with Gasteiger partial charge in [-0.1, -0.05) is 0 Å². The zero-order valence-electron chi connectivity index (χ0n) is 13.9. The molecule has 0 spiro atoms. The first-order valence-corrected chi connectivity index (χ1v) is 8.49. The van der Waals surface area contributed by atoms with Crippen molar-refractivity contribution in [2.45, 2.75) is 13.3 Å². The number of benzene rings is 1. The zero-order chi connectivity index (χ0) is 19.6. The van der Waals surface area contributed by atoms with Gasteiger partial charge in [0.15, 0.2) is 5.69 Å². The van der Waals surface area contributed by atoms with Crippen molar-refractivity contribution < 1.29 is 27.4 Å². The SMILES string of the molecule is CCOC(=O)c1csc(-n2nc(-c3ccc(OC(F)(F)F)cc3)cc2N)n1. The molecule has 142 valence electrons. The molecule has 0 aliphatic rings. The van der Waals surface area contributed by atoms with Crippen molar-refractivity contribution in [2.75, 3.05) is 12.3 Å². The monoisotopic (exact) mass is 398 g/mol. The smallest absolute Gasteiger partial charge is 0.461 e. The Kier molecular flexibility index (Phi) is 5.04. The Balaban J connectivity index is 1.83. The van der Waals surface area contributed by atoms with Crippen molar-refractivity contribution in [1.29, 1.82) is 0 Å². The number of ether oxygens (including phenoxy) is 2. The zero-order valence-corrected chi connectivity index (χ0v) is 14.7. The van der Waals surface area contributed by atoms with Crippen LogP contribution < -0.4 is 10.5 Å². The third-order valence-corrected chi connectivity index (χ3v) is 4.09. The van der Waals surface area contributed by atoms with Gasteiger partial charge in [0.05, 0.1) is 12.3 Å². The lowest BCUT2D eigenvalue weighted by molar-refractivity contribution is -0.274. The maximum absolute atomic E-state index is 12.2. The topological polar surface area (TPSA) is 92.3 Å². The first-order chi connectivity index (χ1) is 12.8. The number of hydrogen-bond acceptors (Lipinski definition) is 7. The molecular weight excluding hydrogens is 385 g/mol. The van der Waals surface area contributed by atoms with Crippen LogP contribution >= 0.6 is 11.3 Å². The van der Waals surface area contributed by atoms with Crippen molar-refractivity contribution >= 4 is 23.1 Å². The predicted octanol–water partition coefficient (Wildman–Crippen LogP) is 3.65. The Morgan fingerprint density at radius 3 is 2.63 bits per heavy atom. The van der Waals surface area contributed by atoms with Crippen LogP contribution in [0.3, 0.4) is 0 Å². The Bertz CT molecular complexity index is 951. The lowest BCUT2D eigenvalue weighted by atomic mass is 10.1. The Hall–Kier alpha value is -3.08. The van der Waals surface area contributed by atoms with E-state index in [9.17, 15) is 18.0 Å². The molecule has 0 fully saturated rings. The second kappa shape index (κ2) is 7.27. The van der Waals surface area contributed by atoms with E-state index in [-0.39, 0.29) is 23.9 Å². The molecule has 3 aromatic rings. The molecule has 0 aliphatic heterocycles. The van der Waals surface area contributed by atoms with E-state index in [2.05, 4.69) is 14.8 Å². The number of nitrogens with zero attached hydrogens (tertiary/aromatic N) is 3. The van der Waals surface area contributed by atoms with Gasteiger partial charge in [-0.2, -0.15) is 9.78 Å². The average Bonchev–Trinajstić information content (AvgIpc) is 3.21. The van der Waals surface area contributed by atoms with Crippen molar-refractivity contribution in [3.63, 3.8) is 0 Å². The summed E-state index contributed by atoms with van der Waals surface area (Å²) in [6.07, 6.45) is -4.75. The fraction of sp³-hybridized carbons (Fsp3) is 0.188. The molecule has 0 saturated heterocycles. The molecule has 27 heavy (non-hydrogen) atoms. The van der Waals surface area contributed by atoms with E-state index in [0.717, 1.165) is 11.3 Å². The summed E-state index contributed by atoms with van der Waals surface area (Å²) in [5.41, 5.74) is 7.05. The summed E-state index contributed by atoms with van der Waals surface area (Å²) >= 11 is 1.15. The number of thiazole rings is 1. The highest BCUT2D eigenvalue weighted by atomic mass is 32.1. The summed E-state index contributed by atoms with van der Waals surface area (Å²) in [4.78, 5) is 15.8. The fourth-order valence-electron chi connectivity index (χ4n) is 2.18. The number of nitrogen functional groups attached to an aromatic ring is 1. The van der Waals surface area contributed by atoms with Crippen molar-refractivity contribution in [3.05, 3.63) is 41.4 Å². The number of rotatable bonds is 5. The van der Waals surface area contributed by atoms with Crippen LogP contribution in [0.5, 0.6) is 5.75 Å². The first-order valence-electron chi connectivity index (χ1n) is 7.61. The summed E-state index contributed by atoms with van der Waals surface area (Å²) in [7, 11) is 0. The standard InChI is InChI=1S/C16H13F3N4O3S/c1-2-25-14(24)12-8-27-15(21-12)23-13(20)7-11(22-23)9-3-5-10(6-4-9)26-16(17,18)19/h3-8H,2,20H2,1H3. The molecule has 0 radical (unpaired) electrons. The summed E-state index contributed by atoms with van der Waals surface area (Å²) < 4.78 is 46.7. The number of carbonyl (C=O) groups excluding carboxylic acids is 1. The third-order valence-electron chi connectivity index (χ3n) is 3.28. The van der Waals surface area contributed by atoms with Crippen LogP contribution in [0, 0.1) is 0 Å². The number of esters is 1. The van der Waals surface area contributed by atoms with Gasteiger partial charge in [-0.3, -0.25) is 0 Å². The minimum Gasteiger partial charge on any atom is -0.461 e. The summed E-state index contributed by atoms with van der Waals surface area (Å²) in [5, 5.41) is 6.18. The van der Waals surface area contributed by atoms with Crippen LogP contribution in [0.2, 0.25) is 0 Å². The van der Waals surface area contributed by atoms with Gasteiger partial charge < -0.3 is 15.2 Å². The minimum absolute atomic E-state index is 0.141. The lowest BCUT2D eigenvalue weighted by Gasteiger charge is -2.08. The molecule has 2 aromatic heterocycles. The second-order valence-corrected chi connectivity index (χ2v) is 6.01. The number of hydrogen-bond donors (Lipinski definition) is 1. The molecule has 3 rings (SSSR count). The highest BCUT2D eigenvalue weighted by Crippen LogP contribution is 2.28. The van der Waals surface area contributed by atoms with E-state index < -0.39 is 12.3 Å². The molecule has 2 N–H and O–H groups in total. The normalized spacial score (nSPS) is 11.4. The Morgan fingerprint density at radius 2 is 2.00 bits per heavy atom. The average molecular weight is 398 g/mol. The van der Waals surface area contributed by atoms with Crippen molar-refractivity contribution in [2.24, 2.45) is 0 Å². The van der Waals surface area contributed by atoms with Gasteiger partial charge in [-0.25, -0.2) is 9.78 Å². The molecule has 0 amide bonds. The molecule has 0 bridgehead atoms. The predicted molar refractivity (Wildman–Crippen MR) is 91.7 cm³/mol. The van der Waals surface area contributed by atoms with E-state index in [0.29, 0.717) is 16.4 Å². The van der Waals surface area contributed by atoms with Gasteiger partial charge in [0, 0.05) is 17.0 Å². The number of nitrogens with two attached hydrogens (primary N) is 1. The maximum Gasteiger partial charge on any atom is 0.573 e. The number of carbonyl (C=O) groups is 1. The Labute approximate surface area is 155 Å². The summed E-state index contributed by atoms with van der Waals surface area (Å²) in [5.74, 6) is -0.630. The minimum atomic E-state index is -4.75. The number of alkyl halides is 3. The summed E-state index contributed by atoms with van der Waals surface area (Å²) in [6.45, 7) is 1.92. The number of halogens is 3. The van der Waals surface area contributed by atoms with Crippen LogP contribution in [-0.2, 0) is 4.74 Å². The van der Waals surface area contributed by atoms with Crippen LogP contribution in [0.25, 0.3) is 16.4 Å². The van der Waals surface area contributed by atoms with Crippen LogP contribution in [-0.4, -0.2) is 33.7 Å². The maximum atomic E-state index is 12.2. The molecule has 0 atom stereocenters. The van der Waals surface area contributed by atoms with Gasteiger partial charge in [0.2, 0.25) is 5.13 Å². The molecule has 11 heteroatoms. The fourth-order valence-corrected chi connectivity index (χ4v) is 2.94. The van der Waals surface area contributed by atoms with E-state index in [1.807, 2.05) is 0 Å². The van der Waals surface area contributed by atoms with E-state index >= 15 is 0 Å². The van der Waals surface area contributed by atoms with Gasteiger partial charge >= 0.3 is 12.3 Å². The van der Waals surface area contributed by atoms with E-state index in [4.69, 9.17) is 10.5 Å². The van der Waals surface area contributed by atoms with Crippen LogP contribution in [0.1, 0.15) is 17.4 Å². The quantitative estimate of drug-likeness (QED) is 0.660. The largest absolute Gasteiger partial charge is 0.573 e. The Morgan fingerprint density at radius 1 is 1.30 bits per heavy atom. The molecule has 1 aromatic carbocycles. The third kappa shape index (κ3) is 4.37. The molecule has 0 saturated carbocycles. The highest BCUT2D eigenvalue weighted by Gasteiger charge is 2.31. The van der Waals surface area contributed by atoms with Crippen LogP contribution in [0.4, 0.5) is 19.0 Å². The molecular formula is C16H13F3N4O3S. The number of anilines is 1. The van der Waals surface area contributed by atoms with Crippen molar-refractivity contribution in [3.8, 4) is 22.1 Å². The molecule has 7 nitrogen and oxygen atoms in total. The van der Waals surface area contributed by atoms with Gasteiger partial charge in [-0.15, -0.1) is 24.5 Å². The molecule has 0 unspecified atom stereocenters. The van der Waals surface area contributed by atoms with Gasteiger partial charge in [0.25, 0.3) is 0 Å². The van der Waals surface area contributed by atoms with Gasteiger partial charge in [0.1, 0.15) is 11.6 Å². The van der Waals surface area contributed by atoms with E-state index in [1.165, 1.54) is 34.3 Å². The van der Waals surface area contributed by atoms with Crippen LogP contribution in [0.15, 0.2) is 35.7 Å². The van der Waals surface area contributed by atoms with E-state index in [1.54, 1.807) is 13.0 Å². The van der Waals surface area contributed by atoms with Crippen molar-refractivity contribution in [1.82, 2.24) is 14.8 Å². The number of aromatic nitrogens is 3. The molecule has 0 aliphatic carbocycles. The lowest BCUT2D eigenvalue weighted by Crippen LogP contribution is -2.16.